The maximum Gasteiger partial charge on any atom is -0.0167 e. The van der Waals surface area contributed by atoms with Crippen LogP contribution in [0.1, 0.15) is 40.0 Å². The van der Waals surface area contributed by atoms with Crippen molar-refractivity contribution in [3.63, 3.8) is 0 Å². The molecule has 0 fully saturated rings. The van der Waals surface area contributed by atoms with Crippen LogP contribution in [-0.2, 0) is 0 Å². The molecule has 0 saturated carbocycles. The van der Waals surface area contributed by atoms with Crippen LogP contribution in [0, 0.1) is 0 Å². The predicted molar refractivity (Wildman–Crippen MR) is 57.2 cm³/mol. The molecule has 0 nitrogen and oxygen atoms in total. The second-order valence-corrected chi connectivity index (χ2v) is 3.13. The van der Waals surface area contributed by atoms with Crippen LogP contribution in [0.25, 0.3) is 0 Å². The van der Waals surface area contributed by atoms with E-state index >= 15 is 0 Å². The van der Waals surface area contributed by atoms with E-state index in [0.29, 0.717) is 0 Å². The zero-order chi connectivity index (χ0) is 9.23. The molecule has 0 aromatic carbocycles. The summed E-state index contributed by atoms with van der Waals surface area (Å²) in [7, 11) is 0. The minimum Gasteiger partial charge on any atom is -0.0917 e. The number of unbranched alkanes of at least 4 members (excludes halogenated alkanes) is 1. The third kappa shape index (κ3) is 9.22. The first-order valence-electron chi connectivity index (χ1n) is 4.67. The zero-order valence-corrected chi connectivity index (χ0v) is 8.51. The standard InChI is InChI=1S/C12H20/c1-4-5-6-7-8-9-10-11-12(2)3/h4-5,8-9,11H,6-7,10H2,1-3H3/b5-4+,9-8+. The van der Waals surface area contributed by atoms with Gasteiger partial charge in [0.15, 0.2) is 0 Å². The number of rotatable bonds is 5. The molecule has 0 amide bonds. The van der Waals surface area contributed by atoms with Crippen LogP contribution in [0.15, 0.2) is 36.0 Å². The Hall–Kier alpha value is -0.780. The maximum absolute atomic E-state index is 2.25. The first-order chi connectivity index (χ1) is 5.77. The summed E-state index contributed by atoms with van der Waals surface area (Å²) < 4.78 is 0. The molecule has 0 bridgehead atoms. The molecule has 0 aliphatic rings. The van der Waals surface area contributed by atoms with Gasteiger partial charge in [-0.15, -0.1) is 0 Å². The van der Waals surface area contributed by atoms with Gasteiger partial charge >= 0.3 is 0 Å². The van der Waals surface area contributed by atoms with Gasteiger partial charge in [0, 0.05) is 0 Å². The second-order valence-electron chi connectivity index (χ2n) is 3.13. The molecular formula is C12H20. The molecular weight excluding hydrogens is 144 g/mol. The summed E-state index contributed by atoms with van der Waals surface area (Å²) in [5, 5.41) is 0. The summed E-state index contributed by atoms with van der Waals surface area (Å²) in [6.45, 7) is 6.33. The van der Waals surface area contributed by atoms with E-state index in [2.05, 4.69) is 51.2 Å². The van der Waals surface area contributed by atoms with Gasteiger partial charge in [0.05, 0.1) is 0 Å². The monoisotopic (exact) mass is 164 g/mol. The fourth-order valence-electron chi connectivity index (χ4n) is 0.877. The Bertz CT molecular complexity index is 166. The summed E-state index contributed by atoms with van der Waals surface area (Å²) in [5.74, 6) is 0. The van der Waals surface area contributed by atoms with E-state index in [0.717, 1.165) is 6.42 Å². The molecule has 0 heterocycles. The lowest BCUT2D eigenvalue weighted by molar-refractivity contribution is 1.04. The molecule has 12 heavy (non-hydrogen) atoms. The van der Waals surface area contributed by atoms with Crippen LogP contribution in [0.4, 0.5) is 0 Å². The van der Waals surface area contributed by atoms with Gasteiger partial charge in [0.25, 0.3) is 0 Å². The number of hydrogen-bond acceptors (Lipinski definition) is 0. The molecule has 68 valence electrons. The van der Waals surface area contributed by atoms with E-state index in [1.54, 1.807) is 0 Å². The van der Waals surface area contributed by atoms with Crippen LogP contribution in [-0.4, -0.2) is 0 Å². The highest BCUT2D eigenvalue weighted by atomic mass is 13.8. The number of hydrogen-bond donors (Lipinski definition) is 0. The average molecular weight is 164 g/mol. The highest BCUT2D eigenvalue weighted by Gasteiger charge is 1.76. The van der Waals surface area contributed by atoms with Crippen molar-refractivity contribution in [2.45, 2.75) is 40.0 Å². The lowest BCUT2D eigenvalue weighted by atomic mass is 10.2. The number of allylic oxidation sites excluding steroid dienone is 6. The van der Waals surface area contributed by atoms with E-state index in [-0.39, 0.29) is 0 Å². The quantitative estimate of drug-likeness (QED) is 0.421. The summed E-state index contributed by atoms with van der Waals surface area (Å²) in [6.07, 6.45) is 14.4. The van der Waals surface area contributed by atoms with Crippen molar-refractivity contribution in [2.75, 3.05) is 0 Å². The van der Waals surface area contributed by atoms with E-state index < -0.39 is 0 Å². The fourth-order valence-corrected chi connectivity index (χ4v) is 0.877. The van der Waals surface area contributed by atoms with Gasteiger partial charge in [-0.1, -0.05) is 36.0 Å². The maximum atomic E-state index is 2.25. The molecule has 0 N–H and O–H groups in total. The Morgan fingerprint density at radius 3 is 2.25 bits per heavy atom. The van der Waals surface area contributed by atoms with E-state index in [9.17, 15) is 0 Å². The summed E-state index contributed by atoms with van der Waals surface area (Å²) in [5.41, 5.74) is 1.40. The topological polar surface area (TPSA) is 0 Å². The molecule has 0 unspecified atom stereocenters. The minimum absolute atomic E-state index is 1.08. The Morgan fingerprint density at radius 1 is 1.00 bits per heavy atom. The molecule has 0 heteroatoms. The van der Waals surface area contributed by atoms with Crippen LogP contribution in [0.5, 0.6) is 0 Å². The lowest BCUT2D eigenvalue weighted by Gasteiger charge is -1.87. The molecule has 0 spiro atoms. The second kappa shape index (κ2) is 8.32. The van der Waals surface area contributed by atoms with Gasteiger partial charge in [-0.05, 0) is 40.0 Å². The molecule has 0 aliphatic heterocycles. The normalized spacial score (nSPS) is 11.2. The van der Waals surface area contributed by atoms with E-state index in [1.165, 1.54) is 18.4 Å². The van der Waals surface area contributed by atoms with Crippen LogP contribution in [0.3, 0.4) is 0 Å². The van der Waals surface area contributed by atoms with Crippen molar-refractivity contribution >= 4 is 0 Å². The van der Waals surface area contributed by atoms with Crippen molar-refractivity contribution in [3.8, 4) is 0 Å². The van der Waals surface area contributed by atoms with E-state index in [1.807, 2.05) is 0 Å². The lowest BCUT2D eigenvalue weighted by Crippen LogP contribution is -1.66. The van der Waals surface area contributed by atoms with Crippen LogP contribution in [0.2, 0.25) is 0 Å². The first-order valence-corrected chi connectivity index (χ1v) is 4.67. The van der Waals surface area contributed by atoms with Gasteiger partial charge in [-0.3, -0.25) is 0 Å². The fraction of sp³-hybridized carbons (Fsp3) is 0.500. The molecule has 0 aliphatic carbocycles. The van der Waals surface area contributed by atoms with Crippen molar-refractivity contribution in [1.82, 2.24) is 0 Å². The third-order valence-electron chi connectivity index (χ3n) is 1.56. The summed E-state index contributed by atoms with van der Waals surface area (Å²) in [6, 6.07) is 0. The molecule has 0 rings (SSSR count). The van der Waals surface area contributed by atoms with Gasteiger partial charge in [-0.2, -0.15) is 0 Å². The Kier molecular flexibility index (Phi) is 7.78. The Labute approximate surface area is 76.7 Å². The highest BCUT2D eigenvalue weighted by molar-refractivity contribution is 4.99. The van der Waals surface area contributed by atoms with Gasteiger partial charge < -0.3 is 0 Å². The SMILES string of the molecule is C/C=C/CC/C=C/CC=C(C)C. The molecule has 0 aromatic heterocycles. The van der Waals surface area contributed by atoms with Crippen molar-refractivity contribution in [1.29, 1.82) is 0 Å². The van der Waals surface area contributed by atoms with Crippen molar-refractivity contribution in [3.05, 3.63) is 36.0 Å². The van der Waals surface area contributed by atoms with Crippen molar-refractivity contribution in [2.24, 2.45) is 0 Å². The minimum atomic E-state index is 1.08. The smallest absolute Gasteiger partial charge is 0.0167 e. The molecule has 0 aromatic rings. The van der Waals surface area contributed by atoms with E-state index in [4.69, 9.17) is 0 Å². The van der Waals surface area contributed by atoms with Gasteiger partial charge in [0.1, 0.15) is 0 Å². The Morgan fingerprint density at radius 2 is 1.67 bits per heavy atom. The molecule has 0 saturated heterocycles. The highest BCUT2D eigenvalue weighted by Crippen LogP contribution is 1.97. The zero-order valence-electron chi connectivity index (χ0n) is 8.51. The Balaban J connectivity index is 3.32. The molecule has 0 radical (unpaired) electrons. The summed E-state index contributed by atoms with van der Waals surface area (Å²) in [4.78, 5) is 0. The van der Waals surface area contributed by atoms with Crippen molar-refractivity contribution < 1.29 is 0 Å². The third-order valence-corrected chi connectivity index (χ3v) is 1.56. The summed E-state index contributed by atoms with van der Waals surface area (Å²) >= 11 is 0. The van der Waals surface area contributed by atoms with Gasteiger partial charge in [0.2, 0.25) is 0 Å². The van der Waals surface area contributed by atoms with Gasteiger partial charge in [-0.25, -0.2) is 0 Å². The van der Waals surface area contributed by atoms with Crippen LogP contribution >= 0.6 is 0 Å². The predicted octanol–water partition coefficient (Wildman–Crippen LogP) is 4.26. The molecule has 0 atom stereocenters. The first kappa shape index (κ1) is 11.2. The van der Waals surface area contributed by atoms with Crippen LogP contribution < -0.4 is 0 Å². The average Bonchev–Trinajstić information content (AvgIpc) is 2.02. The largest absolute Gasteiger partial charge is 0.0917 e.